The molecule has 3 rings (SSSR count). The first-order chi connectivity index (χ1) is 10.1. The molecular formula is C17H18N2OS. The van der Waals surface area contributed by atoms with Crippen molar-refractivity contribution in [2.45, 2.75) is 24.8 Å². The van der Waals surface area contributed by atoms with Gasteiger partial charge in [0.1, 0.15) is 0 Å². The number of thioether (sulfide) groups is 1. The van der Waals surface area contributed by atoms with Crippen LogP contribution in [0, 0.1) is 6.92 Å². The Bertz CT molecular complexity index is 667. The van der Waals surface area contributed by atoms with Gasteiger partial charge < -0.3 is 10.6 Å². The first-order valence-electron chi connectivity index (χ1n) is 7.01. The second kappa shape index (κ2) is 5.82. The molecule has 0 aliphatic carbocycles. The number of anilines is 2. The molecule has 0 radical (unpaired) electrons. The van der Waals surface area contributed by atoms with Gasteiger partial charge in [-0.25, -0.2) is 0 Å². The molecule has 1 unspecified atom stereocenters. The number of benzene rings is 2. The van der Waals surface area contributed by atoms with Gasteiger partial charge in [-0.1, -0.05) is 29.8 Å². The van der Waals surface area contributed by atoms with Crippen LogP contribution < -0.4 is 10.6 Å². The van der Waals surface area contributed by atoms with Gasteiger partial charge in [-0.15, -0.1) is 11.8 Å². The molecule has 108 valence electrons. The topological polar surface area (TPSA) is 41.1 Å². The summed E-state index contributed by atoms with van der Waals surface area (Å²) in [4.78, 5) is 12.6. The highest BCUT2D eigenvalue weighted by Crippen LogP contribution is 2.34. The summed E-state index contributed by atoms with van der Waals surface area (Å²) in [7, 11) is 0. The van der Waals surface area contributed by atoms with E-state index in [4.69, 9.17) is 0 Å². The van der Waals surface area contributed by atoms with Crippen LogP contribution in [0.15, 0.2) is 47.4 Å². The first-order valence-corrected chi connectivity index (χ1v) is 8.00. The quantitative estimate of drug-likeness (QED) is 0.891. The molecule has 3 nitrogen and oxygen atoms in total. The largest absolute Gasteiger partial charge is 0.378 e. The van der Waals surface area contributed by atoms with Crippen LogP contribution in [0.25, 0.3) is 0 Å². The molecule has 1 atom stereocenters. The fraction of sp³-hybridized carbons (Fsp3) is 0.235. The number of carbonyl (C=O) groups excluding carboxylic acids is 1. The lowest BCUT2D eigenvalue weighted by molar-refractivity contribution is -0.113. The van der Waals surface area contributed by atoms with Crippen LogP contribution in [0.1, 0.15) is 24.1 Å². The summed E-state index contributed by atoms with van der Waals surface area (Å²) in [6.45, 7) is 4.23. The van der Waals surface area contributed by atoms with E-state index in [2.05, 4.69) is 60.9 Å². The molecule has 1 aliphatic rings. The number of nitrogens with one attached hydrogen (secondary N) is 2. The molecule has 0 fully saturated rings. The number of rotatable bonds is 3. The lowest BCUT2D eigenvalue weighted by atomic mass is 10.1. The van der Waals surface area contributed by atoms with E-state index in [9.17, 15) is 4.79 Å². The molecule has 21 heavy (non-hydrogen) atoms. The van der Waals surface area contributed by atoms with E-state index >= 15 is 0 Å². The van der Waals surface area contributed by atoms with Crippen molar-refractivity contribution in [1.29, 1.82) is 0 Å². The first kappa shape index (κ1) is 14.0. The maximum atomic E-state index is 11.5. The fourth-order valence-electron chi connectivity index (χ4n) is 2.36. The van der Waals surface area contributed by atoms with Crippen LogP contribution in [-0.4, -0.2) is 11.7 Å². The highest BCUT2D eigenvalue weighted by atomic mass is 32.2. The van der Waals surface area contributed by atoms with Gasteiger partial charge >= 0.3 is 0 Å². The molecule has 0 spiro atoms. The number of hydrogen-bond donors (Lipinski definition) is 2. The lowest BCUT2D eigenvalue weighted by Gasteiger charge is -2.20. The third kappa shape index (κ3) is 3.22. The Morgan fingerprint density at radius 1 is 1.19 bits per heavy atom. The highest BCUT2D eigenvalue weighted by molar-refractivity contribution is 8.00. The third-order valence-corrected chi connectivity index (χ3v) is 4.65. The molecule has 1 aliphatic heterocycles. The van der Waals surface area contributed by atoms with Crippen LogP contribution >= 0.6 is 11.8 Å². The van der Waals surface area contributed by atoms with Crippen molar-refractivity contribution in [1.82, 2.24) is 0 Å². The number of fused-ring (bicyclic) bond motifs is 1. The Morgan fingerprint density at radius 3 is 2.71 bits per heavy atom. The van der Waals surface area contributed by atoms with E-state index in [1.165, 1.54) is 11.1 Å². The van der Waals surface area contributed by atoms with E-state index in [0.717, 1.165) is 16.3 Å². The fourth-order valence-corrected chi connectivity index (χ4v) is 3.15. The molecule has 0 saturated carbocycles. The second-order valence-electron chi connectivity index (χ2n) is 5.32. The average Bonchev–Trinajstić information content (AvgIpc) is 2.47. The van der Waals surface area contributed by atoms with E-state index in [0.29, 0.717) is 5.75 Å². The number of hydrogen-bond acceptors (Lipinski definition) is 3. The van der Waals surface area contributed by atoms with Crippen LogP contribution in [0.4, 0.5) is 11.4 Å². The SMILES string of the molecule is Cc1ccc(C(C)Nc2ccc3c(c2)NC(=O)CS3)cc1. The third-order valence-electron chi connectivity index (χ3n) is 3.57. The Balaban J connectivity index is 1.77. The zero-order valence-corrected chi connectivity index (χ0v) is 13.0. The van der Waals surface area contributed by atoms with Crippen molar-refractivity contribution in [3.05, 3.63) is 53.6 Å². The Labute approximate surface area is 129 Å². The molecular weight excluding hydrogens is 280 g/mol. The van der Waals surface area contributed by atoms with Gasteiger partial charge in [-0.2, -0.15) is 0 Å². The minimum Gasteiger partial charge on any atom is -0.378 e. The number of amides is 1. The lowest BCUT2D eigenvalue weighted by Crippen LogP contribution is -2.18. The van der Waals surface area contributed by atoms with Crippen molar-refractivity contribution < 1.29 is 4.79 Å². The van der Waals surface area contributed by atoms with Gasteiger partial charge in [0.05, 0.1) is 11.4 Å². The van der Waals surface area contributed by atoms with Crippen LogP contribution in [0.2, 0.25) is 0 Å². The molecule has 2 aromatic carbocycles. The minimum absolute atomic E-state index is 0.0660. The predicted molar refractivity (Wildman–Crippen MR) is 89.0 cm³/mol. The van der Waals surface area contributed by atoms with Crippen molar-refractivity contribution in [3.63, 3.8) is 0 Å². The summed E-state index contributed by atoms with van der Waals surface area (Å²) in [5, 5.41) is 6.40. The van der Waals surface area contributed by atoms with Gasteiger partial charge in [-0.05, 0) is 37.6 Å². The van der Waals surface area contributed by atoms with E-state index < -0.39 is 0 Å². The molecule has 1 amide bonds. The predicted octanol–water partition coefficient (Wildman–Crippen LogP) is 4.21. The van der Waals surface area contributed by atoms with Gasteiger partial charge in [0, 0.05) is 16.6 Å². The summed E-state index contributed by atoms with van der Waals surface area (Å²) in [5.41, 5.74) is 4.43. The number of carbonyl (C=O) groups is 1. The Morgan fingerprint density at radius 2 is 1.95 bits per heavy atom. The Hall–Kier alpha value is -1.94. The van der Waals surface area contributed by atoms with E-state index in [1.807, 2.05) is 6.07 Å². The molecule has 0 bridgehead atoms. The minimum atomic E-state index is 0.0660. The van der Waals surface area contributed by atoms with Crippen LogP contribution in [-0.2, 0) is 4.79 Å². The summed E-state index contributed by atoms with van der Waals surface area (Å²) < 4.78 is 0. The summed E-state index contributed by atoms with van der Waals surface area (Å²) in [6, 6.07) is 14.9. The van der Waals surface area contributed by atoms with Crippen molar-refractivity contribution in [2.75, 3.05) is 16.4 Å². The average molecular weight is 298 g/mol. The van der Waals surface area contributed by atoms with Crippen LogP contribution in [0.3, 0.4) is 0 Å². The van der Waals surface area contributed by atoms with E-state index in [-0.39, 0.29) is 11.9 Å². The molecule has 1 heterocycles. The zero-order valence-electron chi connectivity index (χ0n) is 12.1. The molecule has 2 aromatic rings. The monoisotopic (exact) mass is 298 g/mol. The smallest absolute Gasteiger partial charge is 0.234 e. The Kier molecular flexibility index (Phi) is 3.88. The van der Waals surface area contributed by atoms with Crippen molar-refractivity contribution in [2.24, 2.45) is 0 Å². The number of aryl methyl sites for hydroxylation is 1. The molecule has 0 saturated heterocycles. The van der Waals surface area contributed by atoms with Crippen molar-refractivity contribution in [3.8, 4) is 0 Å². The molecule has 4 heteroatoms. The van der Waals surface area contributed by atoms with Crippen molar-refractivity contribution >= 4 is 29.0 Å². The van der Waals surface area contributed by atoms with Gasteiger partial charge in [0.25, 0.3) is 0 Å². The zero-order chi connectivity index (χ0) is 14.8. The molecule has 0 aromatic heterocycles. The maximum absolute atomic E-state index is 11.5. The summed E-state index contributed by atoms with van der Waals surface area (Å²) in [6.07, 6.45) is 0. The van der Waals surface area contributed by atoms with E-state index in [1.54, 1.807) is 11.8 Å². The summed E-state index contributed by atoms with van der Waals surface area (Å²) >= 11 is 1.58. The van der Waals surface area contributed by atoms with Gasteiger partial charge in [0.15, 0.2) is 0 Å². The standard InChI is InChI=1S/C17H18N2OS/c1-11-3-5-13(6-4-11)12(2)18-14-7-8-16-15(9-14)19-17(20)10-21-16/h3-9,12,18H,10H2,1-2H3,(H,19,20). The second-order valence-corrected chi connectivity index (χ2v) is 6.34. The normalized spacial score (nSPS) is 15.0. The maximum Gasteiger partial charge on any atom is 0.234 e. The summed E-state index contributed by atoms with van der Waals surface area (Å²) in [5.74, 6) is 0.566. The van der Waals surface area contributed by atoms with Gasteiger partial charge in [0.2, 0.25) is 5.91 Å². The van der Waals surface area contributed by atoms with Gasteiger partial charge in [-0.3, -0.25) is 4.79 Å². The highest BCUT2D eigenvalue weighted by Gasteiger charge is 2.16. The molecule has 2 N–H and O–H groups in total. The van der Waals surface area contributed by atoms with Crippen LogP contribution in [0.5, 0.6) is 0 Å².